The average molecular weight is 301 g/mol. The molecule has 0 aromatic carbocycles. The second kappa shape index (κ2) is 6.02. The number of rotatable bonds is 2. The molecule has 1 aliphatic rings. The Hall–Kier alpha value is -2.61. The normalized spacial score (nSPS) is 18.2. The SMILES string of the molecule is Cc1nc([C@H]2CN(C(=O)c3cccnn3)CCO2)cc(=O)[nH]1. The molecule has 8 nitrogen and oxygen atoms in total. The highest BCUT2D eigenvalue weighted by Crippen LogP contribution is 2.20. The predicted molar refractivity (Wildman–Crippen MR) is 76.2 cm³/mol. The maximum absolute atomic E-state index is 12.4. The van der Waals surface area contributed by atoms with E-state index in [1.54, 1.807) is 24.0 Å². The molecule has 3 heterocycles. The van der Waals surface area contributed by atoms with Crippen LogP contribution in [0.4, 0.5) is 0 Å². The number of hydrogen-bond donors (Lipinski definition) is 1. The van der Waals surface area contributed by atoms with Crippen molar-refractivity contribution in [2.45, 2.75) is 13.0 Å². The molecule has 0 bridgehead atoms. The molecule has 1 aliphatic heterocycles. The van der Waals surface area contributed by atoms with E-state index in [1.165, 1.54) is 12.3 Å². The topological polar surface area (TPSA) is 101 Å². The lowest BCUT2D eigenvalue weighted by atomic mass is 10.2. The molecule has 0 saturated carbocycles. The Kier molecular flexibility index (Phi) is 3.92. The lowest BCUT2D eigenvalue weighted by molar-refractivity contribution is -0.0251. The minimum absolute atomic E-state index is 0.206. The molecule has 0 unspecified atom stereocenters. The summed E-state index contributed by atoms with van der Waals surface area (Å²) in [6.07, 6.45) is 1.09. The monoisotopic (exact) mass is 301 g/mol. The summed E-state index contributed by atoms with van der Waals surface area (Å²) >= 11 is 0. The third-order valence-corrected chi connectivity index (χ3v) is 3.35. The van der Waals surface area contributed by atoms with Crippen LogP contribution in [0, 0.1) is 6.92 Å². The largest absolute Gasteiger partial charge is 0.368 e. The number of aromatic amines is 1. The molecule has 1 N–H and O–H groups in total. The minimum Gasteiger partial charge on any atom is -0.368 e. The molecule has 2 aromatic heterocycles. The second-order valence-corrected chi connectivity index (χ2v) is 4.98. The van der Waals surface area contributed by atoms with Gasteiger partial charge in [0.1, 0.15) is 11.9 Å². The first-order valence-electron chi connectivity index (χ1n) is 6.90. The zero-order valence-electron chi connectivity index (χ0n) is 12.0. The summed E-state index contributed by atoms with van der Waals surface area (Å²) in [6, 6.07) is 4.68. The van der Waals surface area contributed by atoms with Crippen molar-refractivity contribution in [1.29, 1.82) is 0 Å². The maximum atomic E-state index is 12.4. The van der Waals surface area contributed by atoms with E-state index in [2.05, 4.69) is 20.2 Å². The lowest BCUT2D eigenvalue weighted by Crippen LogP contribution is -2.43. The van der Waals surface area contributed by atoms with Gasteiger partial charge in [0.15, 0.2) is 5.69 Å². The fourth-order valence-corrected chi connectivity index (χ4v) is 2.36. The Labute approximate surface area is 126 Å². The number of aryl methyl sites for hydroxylation is 1. The van der Waals surface area contributed by atoms with Crippen LogP contribution in [0.3, 0.4) is 0 Å². The molecule has 0 spiro atoms. The van der Waals surface area contributed by atoms with E-state index in [0.717, 1.165) is 0 Å². The Morgan fingerprint density at radius 3 is 3.09 bits per heavy atom. The van der Waals surface area contributed by atoms with Gasteiger partial charge >= 0.3 is 0 Å². The number of carbonyl (C=O) groups is 1. The molecule has 0 aliphatic carbocycles. The third-order valence-electron chi connectivity index (χ3n) is 3.35. The van der Waals surface area contributed by atoms with Gasteiger partial charge in [0, 0.05) is 18.8 Å². The van der Waals surface area contributed by atoms with Crippen molar-refractivity contribution in [3.05, 3.63) is 52.0 Å². The molecular weight excluding hydrogens is 286 g/mol. The van der Waals surface area contributed by atoms with Gasteiger partial charge in [-0.05, 0) is 19.1 Å². The third kappa shape index (κ3) is 3.01. The van der Waals surface area contributed by atoms with Crippen LogP contribution in [0.5, 0.6) is 0 Å². The van der Waals surface area contributed by atoms with Crippen LogP contribution >= 0.6 is 0 Å². The second-order valence-electron chi connectivity index (χ2n) is 4.98. The smallest absolute Gasteiger partial charge is 0.274 e. The molecule has 1 amide bonds. The fourth-order valence-electron chi connectivity index (χ4n) is 2.36. The molecule has 1 fully saturated rings. The van der Waals surface area contributed by atoms with Crippen molar-refractivity contribution >= 4 is 5.91 Å². The van der Waals surface area contributed by atoms with E-state index in [9.17, 15) is 9.59 Å². The molecular formula is C14H15N5O3. The van der Waals surface area contributed by atoms with Gasteiger partial charge < -0.3 is 14.6 Å². The number of nitrogens with zero attached hydrogens (tertiary/aromatic N) is 4. The van der Waals surface area contributed by atoms with E-state index < -0.39 is 6.10 Å². The minimum atomic E-state index is -0.421. The summed E-state index contributed by atoms with van der Waals surface area (Å²) in [6.45, 7) is 2.87. The Morgan fingerprint density at radius 1 is 1.50 bits per heavy atom. The zero-order chi connectivity index (χ0) is 15.5. The van der Waals surface area contributed by atoms with Gasteiger partial charge in [-0.2, -0.15) is 5.10 Å². The fraction of sp³-hybridized carbons (Fsp3) is 0.357. The van der Waals surface area contributed by atoms with Crippen molar-refractivity contribution < 1.29 is 9.53 Å². The van der Waals surface area contributed by atoms with Crippen molar-refractivity contribution in [3.63, 3.8) is 0 Å². The van der Waals surface area contributed by atoms with Crippen LogP contribution in [0.15, 0.2) is 29.2 Å². The van der Waals surface area contributed by atoms with E-state index in [1.807, 2.05) is 0 Å². The van der Waals surface area contributed by atoms with Gasteiger partial charge in [-0.15, -0.1) is 5.10 Å². The van der Waals surface area contributed by atoms with Gasteiger partial charge in [-0.25, -0.2) is 4.98 Å². The quantitative estimate of drug-likeness (QED) is 0.843. The van der Waals surface area contributed by atoms with E-state index >= 15 is 0 Å². The number of amides is 1. The Balaban J connectivity index is 1.79. The maximum Gasteiger partial charge on any atom is 0.274 e. The predicted octanol–water partition coefficient (Wildman–Crippen LogP) is 0.0820. The summed E-state index contributed by atoms with van der Waals surface area (Å²) in [4.78, 5) is 32.4. The summed E-state index contributed by atoms with van der Waals surface area (Å²) in [5, 5.41) is 7.54. The zero-order valence-corrected chi connectivity index (χ0v) is 12.0. The lowest BCUT2D eigenvalue weighted by Gasteiger charge is -2.32. The molecule has 3 rings (SSSR count). The van der Waals surface area contributed by atoms with Crippen molar-refractivity contribution in [1.82, 2.24) is 25.1 Å². The Morgan fingerprint density at radius 2 is 2.36 bits per heavy atom. The first-order valence-corrected chi connectivity index (χ1v) is 6.90. The molecule has 114 valence electrons. The van der Waals surface area contributed by atoms with Gasteiger partial charge in [0.05, 0.1) is 18.8 Å². The van der Waals surface area contributed by atoms with Crippen molar-refractivity contribution in [2.75, 3.05) is 19.7 Å². The number of hydrogen-bond acceptors (Lipinski definition) is 6. The first-order chi connectivity index (χ1) is 10.6. The molecule has 0 radical (unpaired) electrons. The average Bonchev–Trinajstić information content (AvgIpc) is 2.54. The number of morpholine rings is 1. The van der Waals surface area contributed by atoms with Crippen LogP contribution in [-0.2, 0) is 4.74 Å². The molecule has 8 heteroatoms. The van der Waals surface area contributed by atoms with Crippen LogP contribution in [0.2, 0.25) is 0 Å². The van der Waals surface area contributed by atoms with Crippen LogP contribution in [-0.4, -0.2) is 50.7 Å². The van der Waals surface area contributed by atoms with Gasteiger partial charge in [0.25, 0.3) is 11.5 Å². The standard InChI is InChI=1S/C14H15N5O3/c1-9-16-11(7-13(20)17-9)12-8-19(5-6-22-12)14(21)10-3-2-4-15-18-10/h2-4,7,12H,5-6,8H2,1H3,(H,16,17,20)/t12-/m1/s1. The summed E-state index contributed by atoms with van der Waals surface area (Å²) in [5.74, 6) is 0.312. The number of aromatic nitrogens is 4. The number of nitrogens with one attached hydrogen (secondary N) is 1. The Bertz CT molecular complexity index is 731. The van der Waals surface area contributed by atoms with Gasteiger partial charge in [-0.1, -0.05) is 0 Å². The summed E-state index contributed by atoms with van der Waals surface area (Å²) < 4.78 is 5.65. The van der Waals surface area contributed by atoms with Crippen LogP contribution < -0.4 is 5.56 Å². The van der Waals surface area contributed by atoms with Gasteiger partial charge in [-0.3, -0.25) is 9.59 Å². The molecule has 1 saturated heterocycles. The highest BCUT2D eigenvalue weighted by atomic mass is 16.5. The first kappa shape index (κ1) is 14.3. The van der Waals surface area contributed by atoms with E-state index in [0.29, 0.717) is 31.2 Å². The number of H-pyrrole nitrogens is 1. The highest BCUT2D eigenvalue weighted by Gasteiger charge is 2.28. The van der Waals surface area contributed by atoms with E-state index in [-0.39, 0.29) is 17.2 Å². The molecule has 2 aromatic rings. The van der Waals surface area contributed by atoms with Crippen LogP contribution in [0.1, 0.15) is 28.1 Å². The number of carbonyl (C=O) groups excluding carboxylic acids is 1. The van der Waals surface area contributed by atoms with Crippen molar-refractivity contribution in [2.24, 2.45) is 0 Å². The summed E-state index contributed by atoms with van der Waals surface area (Å²) in [5.41, 5.74) is 0.583. The molecule has 1 atom stereocenters. The highest BCUT2D eigenvalue weighted by molar-refractivity contribution is 5.92. The van der Waals surface area contributed by atoms with Gasteiger partial charge in [0.2, 0.25) is 0 Å². The number of ether oxygens (including phenoxy) is 1. The van der Waals surface area contributed by atoms with E-state index in [4.69, 9.17) is 4.74 Å². The molecule has 22 heavy (non-hydrogen) atoms. The van der Waals surface area contributed by atoms with Crippen LogP contribution in [0.25, 0.3) is 0 Å². The summed E-state index contributed by atoms with van der Waals surface area (Å²) in [7, 11) is 0. The van der Waals surface area contributed by atoms with Crippen molar-refractivity contribution in [3.8, 4) is 0 Å².